The molecule has 1 heterocycles. The number of methoxy groups -OCH3 is 1. The predicted octanol–water partition coefficient (Wildman–Crippen LogP) is 5.81. The van der Waals surface area contributed by atoms with E-state index < -0.39 is 0 Å². The first-order valence-electron chi connectivity index (χ1n) is 10.2. The molecule has 0 fully saturated rings. The summed E-state index contributed by atoms with van der Waals surface area (Å²) in [7, 11) is 1.59. The third-order valence-electron chi connectivity index (χ3n) is 5.06. The molecular formula is C26H23N3O3. The highest BCUT2D eigenvalue weighted by Crippen LogP contribution is 2.30. The molecule has 0 spiro atoms. The van der Waals surface area contributed by atoms with Gasteiger partial charge in [0.15, 0.2) is 17.3 Å². The Morgan fingerprint density at radius 2 is 1.69 bits per heavy atom. The standard InChI is InChI=1S/C26H23N3O3/c1-17-11-12-21(15-18(17)2)28-26(30)20-8-6-7-19(16-20)25-27-14-13-24(29-25)32-23-10-5-4-9-22(23)31-3/h4-16H,1-3H3,(H,28,30). The van der Waals surface area contributed by atoms with Crippen LogP contribution in [0.15, 0.2) is 79.0 Å². The third-order valence-corrected chi connectivity index (χ3v) is 5.06. The number of rotatable bonds is 6. The van der Waals surface area contributed by atoms with E-state index in [0.29, 0.717) is 34.3 Å². The van der Waals surface area contributed by atoms with Crippen LogP contribution in [0.4, 0.5) is 5.69 Å². The van der Waals surface area contributed by atoms with Crippen LogP contribution in [0.5, 0.6) is 17.4 Å². The number of nitrogens with zero attached hydrogens (tertiary/aromatic N) is 2. The summed E-state index contributed by atoms with van der Waals surface area (Å²) in [6.07, 6.45) is 1.62. The number of ether oxygens (including phenoxy) is 2. The van der Waals surface area contributed by atoms with E-state index in [2.05, 4.69) is 15.3 Å². The summed E-state index contributed by atoms with van der Waals surface area (Å²) < 4.78 is 11.2. The molecule has 4 aromatic rings. The van der Waals surface area contributed by atoms with Crippen LogP contribution < -0.4 is 14.8 Å². The molecule has 4 rings (SSSR count). The molecule has 0 unspecified atom stereocenters. The molecule has 6 heteroatoms. The number of carbonyl (C=O) groups is 1. The van der Waals surface area contributed by atoms with Crippen LogP contribution >= 0.6 is 0 Å². The summed E-state index contributed by atoms with van der Waals surface area (Å²) in [6.45, 7) is 4.05. The summed E-state index contributed by atoms with van der Waals surface area (Å²) in [5, 5.41) is 2.94. The monoisotopic (exact) mass is 425 g/mol. The Hall–Kier alpha value is -4.19. The van der Waals surface area contributed by atoms with Gasteiger partial charge in [-0.15, -0.1) is 0 Å². The summed E-state index contributed by atoms with van der Waals surface area (Å²) >= 11 is 0. The van der Waals surface area contributed by atoms with Crippen molar-refractivity contribution in [1.29, 1.82) is 0 Å². The van der Waals surface area contributed by atoms with Crippen LogP contribution in [0, 0.1) is 13.8 Å². The van der Waals surface area contributed by atoms with Crippen molar-refractivity contribution in [3.05, 3.63) is 95.7 Å². The molecule has 0 radical (unpaired) electrons. The smallest absolute Gasteiger partial charge is 0.255 e. The topological polar surface area (TPSA) is 73.3 Å². The average molecular weight is 425 g/mol. The van der Waals surface area contributed by atoms with Gasteiger partial charge in [-0.25, -0.2) is 4.98 Å². The Balaban J connectivity index is 1.56. The lowest BCUT2D eigenvalue weighted by atomic mass is 10.1. The maximum atomic E-state index is 12.8. The van der Waals surface area contributed by atoms with Crippen LogP contribution in [0.3, 0.4) is 0 Å². The molecule has 0 bridgehead atoms. The molecule has 3 aromatic carbocycles. The Morgan fingerprint density at radius 3 is 2.47 bits per heavy atom. The van der Waals surface area contributed by atoms with Gasteiger partial charge in [0.25, 0.3) is 5.91 Å². The fourth-order valence-corrected chi connectivity index (χ4v) is 3.18. The van der Waals surface area contributed by atoms with E-state index in [0.717, 1.165) is 11.3 Å². The molecule has 0 aliphatic carbocycles. The van der Waals surface area contributed by atoms with Gasteiger partial charge in [0.1, 0.15) is 0 Å². The Bertz CT molecular complexity index is 1270. The lowest BCUT2D eigenvalue weighted by Gasteiger charge is -2.10. The van der Waals surface area contributed by atoms with Crippen molar-refractivity contribution < 1.29 is 14.3 Å². The summed E-state index contributed by atoms with van der Waals surface area (Å²) in [4.78, 5) is 21.6. The number of aryl methyl sites for hydroxylation is 2. The number of benzene rings is 3. The summed E-state index contributed by atoms with van der Waals surface area (Å²) in [5.74, 6) is 1.80. The van der Waals surface area contributed by atoms with Crippen molar-refractivity contribution in [3.63, 3.8) is 0 Å². The first-order valence-corrected chi connectivity index (χ1v) is 10.2. The number of nitrogens with one attached hydrogen (secondary N) is 1. The average Bonchev–Trinajstić information content (AvgIpc) is 2.82. The number of carbonyl (C=O) groups excluding carboxylic acids is 1. The maximum Gasteiger partial charge on any atom is 0.255 e. The summed E-state index contributed by atoms with van der Waals surface area (Å²) in [6, 6.07) is 22.0. The highest BCUT2D eigenvalue weighted by Gasteiger charge is 2.11. The Morgan fingerprint density at radius 1 is 0.875 bits per heavy atom. The quantitative estimate of drug-likeness (QED) is 0.422. The van der Waals surface area contributed by atoms with Gasteiger partial charge in [-0.3, -0.25) is 4.79 Å². The Kier molecular flexibility index (Phi) is 6.12. The lowest BCUT2D eigenvalue weighted by molar-refractivity contribution is 0.102. The molecule has 160 valence electrons. The number of amides is 1. The van der Waals surface area contributed by atoms with E-state index in [1.165, 1.54) is 5.56 Å². The zero-order valence-electron chi connectivity index (χ0n) is 18.1. The molecule has 1 aromatic heterocycles. The molecular weight excluding hydrogens is 402 g/mol. The number of hydrogen-bond acceptors (Lipinski definition) is 5. The van der Waals surface area contributed by atoms with Crippen molar-refractivity contribution in [3.8, 4) is 28.8 Å². The zero-order valence-corrected chi connectivity index (χ0v) is 18.1. The largest absolute Gasteiger partial charge is 0.493 e. The normalized spacial score (nSPS) is 10.5. The van der Waals surface area contributed by atoms with Crippen molar-refractivity contribution in [2.75, 3.05) is 12.4 Å². The number of hydrogen-bond donors (Lipinski definition) is 1. The molecule has 0 aliphatic heterocycles. The SMILES string of the molecule is COc1ccccc1Oc1ccnc(-c2cccc(C(=O)Nc3ccc(C)c(C)c3)c2)n1. The second-order valence-corrected chi connectivity index (χ2v) is 7.31. The van der Waals surface area contributed by atoms with Gasteiger partial charge in [-0.2, -0.15) is 4.98 Å². The number of anilines is 1. The van der Waals surface area contributed by atoms with Crippen molar-refractivity contribution in [2.24, 2.45) is 0 Å². The molecule has 6 nitrogen and oxygen atoms in total. The second-order valence-electron chi connectivity index (χ2n) is 7.31. The van der Waals surface area contributed by atoms with Gasteiger partial charge < -0.3 is 14.8 Å². The van der Waals surface area contributed by atoms with E-state index >= 15 is 0 Å². The van der Waals surface area contributed by atoms with Gasteiger partial charge in [0.05, 0.1) is 7.11 Å². The van der Waals surface area contributed by atoms with E-state index in [-0.39, 0.29) is 5.91 Å². The van der Waals surface area contributed by atoms with Crippen LogP contribution in [0.25, 0.3) is 11.4 Å². The van der Waals surface area contributed by atoms with Crippen molar-refractivity contribution in [2.45, 2.75) is 13.8 Å². The minimum atomic E-state index is -0.198. The van der Waals surface area contributed by atoms with Gasteiger partial charge in [0.2, 0.25) is 5.88 Å². The number of aromatic nitrogens is 2. The van der Waals surface area contributed by atoms with Crippen molar-refractivity contribution >= 4 is 11.6 Å². The molecule has 32 heavy (non-hydrogen) atoms. The predicted molar refractivity (Wildman–Crippen MR) is 124 cm³/mol. The minimum Gasteiger partial charge on any atom is -0.493 e. The van der Waals surface area contributed by atoms with E-state index in [1.54, 1.807) is 37.6 Å². The molecule has 1 N–H and O–H groups in total. The molecule has 0 saturated carbocycles. The zero-order chi connectivity index (χ0) is 22.5. The Labute approximate surface area is 186 Å². The summed E-state index contributed by atoms with van der Waals surface area (Å²) in [5.41, 5.74) is 4.28. The van der Waals surface area contributed by atoms with Crippen LogP contribution in [0.1, 0.15) is 21.5 Å². The number of para-hydroxylation sites is 2. The fraction of sp³-hybridized carbons (Fsp3) is 0.115. The molecule has 1 amide bonds. The van der Waals surface area contributed by atoms with E-state index in [4.69, 9.17) is 9.47 Å². The van der Waals surface area contributed by atoms with E-state index in [9.17, 15) is 4.79 Å². The minimum absolute atomic E-state index is 0.198. The van der Waals surface area contributed by atoms with Gasteiger partial charge in [-0.1, -0.05) is 30.3 Å². The van der Waals surface area contributed by atoms with Gasteiger partial charge >= 0.3 is 0 Å². The van der Waals surface area contributed by atoms with Crippen LogP contribution in [-0.2, 0) is 0 Å². The lowest BCUT2D eigenvalue weighted by Crippen LogP contribution is -2.12. The van der Waals surface area contributed by atoms with Crippen LogP contribution in [-0.4, -0.2) is 23.0 Å². The second kappa shape index (κ2) is 9.31. The first-order chi connectivity index (χ1) is 15.5. The van der Waals surface area contributed by atoms with E-state index in [1.807, 2.05) is 62.4 Å². The first kappa shape index (κ1) is 21.1. The van der Waals surface area contributed by atoms with Gasteiger partial charge in [-0.05, 0) is 61.4 Å². The third kappa shape index (κ3) is 4.75. The maximum absolute atomic E-state index is 12.8. The van der Waals surface area contributed by atoms with Crippen molar-refractivity contribution in [1.82, 2.24) is 9.97 Å². The van der Waals surface area contributed by atoms with Crippen LogP contribution in [0.2, 0.25) is 0 Å². The molecule has 0 atom stereocenters. The fourth-order valence-electron chi connectivity index (χ4n) is 3.18. The molecule has 0 saturated heterocycles. The highest BCUT2D eigenvalue weighted by molar-refractivity contribution is 6.04. The molecule has 0 aliphatic rings. The highest BCUT2D eigenvalue weighted by atomic mass is 16.5. The van der Waals surface area contributed by atoms with Gasteiger partial charge in [0, 0.05) is 29.1 Å².